The van der Waals surface area contributed by atoms with Crippen molar-refractivity contribution in [1.82, 2.24) is 4.98 Å². The normalized spacial score (nSPS) is 10.7. The summed E-state index contributed by atoms with van der Waals surface area (Å²) in [6.45, 7) is -0.106. The van der Waals surface area contributed by atoms with E-state index in [0.717, 1.165) is 10.9 Å². The van der Waals surface area contributed by atoms with E-state index in [-0.39, 0.29) is 12.5 Å². The van der Waals surface area contributed by atoms with Crippen molar-refractivity contribution in [3.8, 4) is 0 Å². The number of aromatic amines is 1. The molecule has 3 rings (SSSR count). The van der Waals surface area contributed by atoms with Crippen LogP contribution in [0.2, 0.25) is 0 Å². The number of H-pyrrole nitrogens is 1. The van der Waals surface area contributed by atoms with Gasteiger partial charge in [-0.1, -0.05) is 24.3 Å². The molecular weight excluding hydrogens is 252 g/mol. The Balaban J connectivity index is 1.95. The summed E-state index contributed by atoms with van der Waals surface area (Å²) in [5.41, 5.74) is 2.86. The second-order valence-electron chi connectivity index (χ2n) is 4.51. The molecule has 3 aromatic rings. The second kappa shape index (κ2) is 5.19. The lowest BCUT2D eigenvalue weighted by atomic mass is 10.1. The third-order valence-corrected chi connectivity index (χ3v) is 3.28. The summed E-state index contributed by atoms with van der Waals surface area (Å²) in [6.07, 6.45) is 1.81. The summed E-state index contributed by atoms with van der Waals surface area (Å²) in [5, 5.41) is 13.0. The quantitative estimate of drug-likeness (QED) is 0.682. The fraction of sp³-hybridized carbons (Fsp3) is 0.0625. The van der Waals surface area contributed by atoms with Crippen LogP contribution in [0.25, 0.3) is 10.9 Å². The summed E-state index contributed by atoms with van der Waals surface area (Å²) in [7, 11) is 0. The van der Waals surface area contributed by atoms with Crippen LogP contribution in [0.3, 0.4) is 0 Å². The van der Waals surface area contributed by atoms with Gasteiger partial charge in [-0.25, -0.2) is 0 Å². The van der Waals surface area contributed by atoms with E-state index < -0.39 is 0 Å². The number of hydrogen-bond donors (Lipinski definition) is 3. The molecule has 0 aliphatic rings. The Morgan fingerprint density at radius 2 is 1.95 bits per heavy atom. The van der Waals surface area contributed by atoms with Crippen LogP contribution in [-0.4, -0.2) is 16.0 Å². The van der Waals surface area contributed by atoms with Crippen molar-refractivity contribution in [2.24, 2.45) is 0 Å². The smallest absolute Gasteiger partial charge is 0.256 e. The highest BCUT2D eigenvalue weighted by Gasteiger charge is 2.12. The zero-order chi connectivity index (χ0) is 13.9. The molecule has 0 saturated heterocycles. The monoisotopic (exact) mass is 266 g/mol. The lowest BCUT2D eigenvalue weighted by Crippen LogP contribution is -2.13. The van der Waals surface area contributed by atoms with Crippen LogP contribution < -0.4 is 5.32 Å². The van der Waals surface area contributed by atoms with Crippen LogP contribution in [0, 0.1) is 0 Å². The molecule has 0 radical (unpaired) electrons. The van der Waals surface area contributed by atoms with Crippen LogP contribution in [0.4, 0.5) is 5.69 Å². The van der Waals surface area contributed by atoms with Gasteiger partial charge < -0.3 is 15.4 Å². The average Bonchev–Trinajstić information content (AvgIpc) is 2.96. The van der Waals surface area contributed by atoms with E-state index in [1.165, 1.54) is 0 Å². The first-order chi connectivity index (χ1) is 9.79. The number of rotatable bonds is 3. The van der Waals surface area contributed by atoms with Crippen LogP contribution >= 0.6 is 0 Å². The number of anilines is 1. The van der Waals surface area contributed by atoms with Crippen molar-refractivity contribution >= 4 is 22.5 Å². The molecule has 0 fully saturated rings. The number of para-hydroxylation sites is 1. The lowest BCUT2D eigenvalue weighted by molar-refractivity contribution is 0.102. The lowest BCUT2D eigenvalue weighted by Gasteiger charge is -2.09. The Hall–Kier alpha value is -2.59. The number of amides is 1. The highest BCUT2D eigenvalue weighted by atomic mass is 16.3. The molecule has 0 saturated carbocycles. The molecule has 0 spiro atoms. The number of aliphatic hydroxyl groups is 1. The summed E-state index contributed by atoms with van der Waals surface area (Å²) >= 11 is 0. The molecule has 1 amide bonds. The van der Waals surface area contributed by atoms with E-state index in [2.05, 4.69) is 10.3 Å². The van der Waals surface area contributed by atoms with Crippen molar-refractivity contribution in [3.63, 3.8) is 0 Å². The second-order valence-corrected chi connectivity index (χ2v) is 4.51. The molecule has 1 heterocycles. The number of fused-ring (bicyclic) bond motifs is 1. The SMILES string of the molecule is O=C(Nc1ccccc1CO)c1cccc2[nH]ccc12. The highest BCUT2D eigenvalue weighted by Crippen LogP contribution is 2.20. The van der Waals surface area contributed by atoms with Gasteiger partial charge in [-0.05, 0) is 24.3 Å². The standard InChI is InChI=1S/C16H14N2O2/c19-10-11-4-1-2-6-14(11)18-16(20)13-5-3-7-15-12(13)8-9-17-15/h1-9,17,19H,10H2,(H,18,20). The molecular formula is C16H14N2O2. The van der Waals surface area contributed by atoms with Gasteiger partial charge in [-0.2, -0.15) is 0 Å². The minimum Gasteiger partial charge on any atom is -0.392 e. The Morgan fingerprint density at radius 3 is 2.80 bits per heavy atom. The number of nitrogens with one attached hydrogen (secondary N) is 2. The van der Waals surface area contributed by atoms with Crippen molar-refractivity contribution in [3.05, 3.63) is 65.9 Å². The van der Waals surface area contributed by atoms with E-state index in [0.29, 0.717) is 16.8 Å². The molecule has 0 atom stereocenters. The molecule has 4 nitrogen and oxygen atoms in total. The van der Waals surface area contributed by atoms with Gasteiger partial charge in [0.15, 0.2) is 0 Å². The molecule has 2 aromatic carbocycles. The Kier molecular flexibility index (Phi) is 3.23. The van der Waals surface area contributed by atoms with Crippen molar-refractivity contribution in [2.45, 2.75) is 6.61 Å². The summed E-state index contributed by atoms with van der Waals surface area (Å²) in [4.78, 5) is 15.5. The maximum Gasteiger partial charge on any atom is 0.256 e. The number of carbonyl (C=O) groups is 1. The first-order valence-electron chi connectivity index (χ1n) is 6.36. The predicted molar refractivity (Wildman–Crippen MR) is 78.6 cm³/mol. The topological polar surface area (TPSA) is 65.1 Å². The summed E-state index contributed by atoms with van der Waals surface area (Å²) in [6, 6.07) is 14.6. The number of aromatic nitrogens is 1. The van der Waals surface area contributed by atoms with Crippen LogP contribution in [-0.2, 0) is 6.61 Å². The van der Waals surface area contributed by atoms with Gasteiger partial charge >= 0.3 is 0 Å². The summed E-state index contributed by atoms with van der Waals surface area (Å²) in [5.74, 6) is -0.184. The molecule has 4 heteroatoms. The predicted octanol–water partition coefficient (Wildman–Crippen LogP) is 2.91. The zero-order valence-electron chi connectivity index (χ0n) is 10.8. The van der Waals surface area contributed by atoms with E-state index in [1.807, 2.05) is 36.5 Å². The highest BCUT2D eigenvalue weighted by molar-refractivity contribution is 6.12. The van der Waals surface area contributed by atoms with Gasteiger partial charge in [0, 0.05) is 33.9 Å². The molecule has 20 heavy (non-hydrogen) atoms. The number of hydrogen-bond acceptors (Lipinski definition) is 2. The first-order valence-corrected chi connectivity index (χ1v) is 6.36. The summed E-state index contributed by atoms with van der Waals surface area (Å²) < 4.78 is 0. The maximum absolute atomic E-state index is 12.4. The number of aliphatic hydroxyl groups excluding tert-OH is 1. The third-order valence-electron chi connectivity index (χ3n) is 3.28. The van der Waals surface area contributed by atoms with Crippen molar-refractivity contribution in [1.29, 1.82) is 0 Å². The van der Waals surface area contributed by atoms with Gasteiger partial charge in [0.25, 0.3) is 5.91 Å². The molecule has 0 aliphatic carbocycles. The Morgan fingerprint density at radius 1 is 1.10 bits per heavy atom. The van der Waals surface area contributed by atoms with Crippen LogP contribution in [0.1, 0.15) is 15.9 Å². The zero-order valence-corrected chi connectivity index (χ0v) is 10.8. The van der Waals surface area contributed by atoms with Gasteiger partial charge in [0.2, 0.25) is 0 Å². The van der Waals surface area contributed by atoms with Crippen LogP contribution in [0.15, 0.2) is 54.7 Å². The molecule has 0 bridgehead atoms. The van der Waals surface area contributed by atoms with Crippen molar-refractivity contribution < 1.29 is 9.90 Å². The van der Waals surface area contributed by atoms with E-state index in [9.17, 15) is 9.90 Å². The molecule has 100 valence electrons. The van der Waals surface area contributed by atoms with Crippen LogP contribution in [0.5, 0.6) is 0 Å². The molecule has 0 aliphatic heterocycles. The molecule has 0 unspecified atom stereocenters. The fourth-order valence-electron chi connectivity index (χ4n) is 2.25. The number of benzene rings is 2. The van der Waals surface area contributed by atoms with E-state index >= 15 is 0 Å². The van der Waals surface area contributed by atoms with Gasteiger partial charge in [-0.3, -0.25) is 4.79 Å². The Bertz CT molecular complexity index is 762. The minimum absolute atomic E-state index is 0.106. The molecule has 1 aromatic heterocycles. The van der Waals surface area contributed by atoms with E-state index in [4.69, 9.17) is 0 Å². The fourth-order valence-corrected chi connectivity index (χ4v) is 2.25. The Labute approximate surface area is 116 Å². The van der Waals surface area contributed by atoms with Gasteiger partial charge in [0.1, 0.15) is 0 Å². The largest absolute Gasteiger partial charge is 0.392 e. The van der Waals surface area contributed by atoms with Gasteiger partial charge in [0.05, 0.1) is 6.61 Å². The van der Waals surface area contributed by atoms with Crippen molar-refractivity contribution in [2.75, 3.05) is 5.32 Å². The maximum atomic E-state index is 12.4. The minimum atomic E-state index is -0.184. The first kappa shape index (κ1) is 12.4. The van der Waals surface area contributed by atoms with Gasteiger partial charge in [-0.15, -0.1) is 0 Å². The average molecular weight is 266 g/mol. The molecule has 3 N–H and O–H groups in total. The third kappa shape index (κ3) is 2.17. The van der Waals surface area contributed by atoms with E-state index in [1.54, 1.807) is 18.2 Å². The number of carbonyl (C=O) groups excluding carboxylic acids is 1.